The topological polar surface area (TPSA) is 14.1 Å². The summed E-state index contributed by atoms with van der Waals surface area (Å²) in [5, 5.41) is 4.59. The minimum atomic E-state index is 0. The molecule has 4 rings (SSSR count). The molecule has 1 fully saturated rings. The van der Waals surface area contributed by atoms with Crippen LogP contribution in [0.2, 0.25) is 0 Å². The molecule has 0 aromatic heterocycles. The Morgan fingerprint density at radius 3 is 2.00 bits per heavy atom. The van der Waals surface area contributed by atoms with E-state index < -0.39 is 0 Å². The standard InChI is InChI=1S/C15H19N.2C5H5.Zr/c1-3-8-14(9-4-1)10-7-13-16-15-11-5-2-6-12-15;2*1-2-4-5-3-1;/h1,3-4,7-10,13,15H,2,5-6,11-12H2;2*1-3H,4H2;/q-2;2*-1;+4. The van der Waals surface area contributed by atoms with Crippen molar-refractivity contribution < 1.29 is 26.2 Å². The van der Waals surface area contributed by atoms with Crippen LogP contribution >= 0.6 is 0 Å². The molecule has 1 aromatic rings. The maximum Gasteiger partial charge on any atom is 4.00 e. The molecule has 1 saturated carbocycles. The van der Waals surface area contributed by atoms with Gasteiger partial charge in [0.15, 0.2) is 0 Å². The van der Waals surface area contributed by atoms with Gasteiger partial charge in [0.2, 0.25) is 0 Å². The summed E-state index contributed by atoms with van der Waals surface area (Å²) >= 11 is 0. The van der Waals surface area contributed by atoms with Crippen LogP contribution in [0, 0.1) is 18.6 Å². The van der Waals surface area contributed by atoms with Gasteiger partial charge in [-0.2, -0.15) is 18.2 Å². The summed E-state index contributed by atoms with van der Waals surface area (Å²) in [7, 11) is 0. The van der Waals surface area contributed by atoms with Gasteiger partial charge < -0.3 is 5.32 Å². The number of hydrogen-bond acceptors (Lipinski definition) is 0. The molecule has 1 nitrogen and oxygen atoms in total. The monoisotopic (exact) mass is 433 g/mol. The Labute approximate surface area is 185 Å². The minimum absolute atomic E-state index is 0. The molecular weight excluding hydrogens is 406 g/mol. The van der Waals surface area contributed by atoms with Crippen molar-refractivity contribution in [3.05, 3.63) is 109 Å². The second-order valence-electron chi connectivity index (χ2n) is 6.37. The molecule has 0 unspecified atom stereocenters. The third kappa shape index (κ3) is 12.5. The summed E-state index contributed by atoms with van der Waals surface area (Å²) < 4.78 is 0. The van der Waals surface area contributed by atoms with E-state index in [1.54, 1.807) is 0 Å². The van der Waals surface area contributed by atoms with E-state index in [1.807, 2.05) is 42.6 Å². The van der Waals surface area contributed by atoms with Crippen molar-refractivity contribution in [1.29, 1.82) is 0 Å². The van der Waals surface area contributed by atoms with E-state index in [1.165, 1.54) is 37.7 Å². The van der Waals surface area contributed by atoms with Gasteiger partial charge in [-0.3, -0.25) is 18.4 Å². The maximum atomic E-state index is 4.59. The van der Waals surface area contributed by atoms with Crippen LogP contribution in [0.5, 0.6) is 0 Å². The minimum Gasteiger partial charge on any atom is -0.731 e. The first-order valence-electron chi connectivity index (χ1n) is 9.63. The van der Waals surface area contributed by atoms with E-state index in [2.05, 4.69) is 60.3 Å². The number of rotatable bonds is 4. The molecule has 0 N–H and O–H groups in total. The van der Waals surface area contributed by atoms with Gasteiger partial charge in [0.25, 0.3) is 0 Å². The van der Waals surface area contributed by atoms with E-state index in [-0.39, 0.29) is 26.2 Å². The molecule has 0 aliphatic heterocycles. The molecule has 0 spiro atoms. The van der Waals surface area contributed by atoms with Gasteiger partial charge in [-0.25, -0.2) is 24.3 Å². The summed E-state index contributed by atoms with van der Waals surface area (Å²) in [6.45, 7) is 0. The fraction of sp³-hybridized carbons (Fsp3) is 0.320. The zero-order valence-electron chi connectivity index (χ0n) is 16.1. The van der Waals surface area contributed by atoms with Crippen LogP contribution in [0.15, 0.2) is 79.1 Å². The molecule has 27 heavy (non-hydrogen) atoms. The molecule has 0 heterocycles. The van der Waals surface area contributed by atoms with Crippen molar-refractivity contribution >= 4 is 0 Å². The summed E-state index contributed by atoms with van der Waals surface area (Å²) in [6.07, 6.45) is 32.8. The molecule has 0 bridgehead atoms. The predicted octanol–water partition coefficient (Wildman–Crippen LogP) is 7.07. The van der Waals surface area contributed by atoms with Crippen molar-refractivity contribution in [2.75, 3.05) is 0 Å². The third-order valence-electron chi connectivity index (χ3n) is 4.22. The van der Waals surface area contributed by atoms with Gasteiger partial charge in [-0.15, -0.1) is 55.1 Å². The van der Waals surface area contributed by atoms with Gasteiger partial charge in [-0.1, -0.05) is 38.2 Å². The molecule has 0 radical (unpaired) electrons. The van der Waals surface area contributed by atoms with Crippen LogP contribution in [0.3, 0.4) is 0 Å². The van der Waals surface area contributed by atoms with Crippen LogP contribution in [-0.4, -0.2) is 6.04 Å². The Kier molecular flexibility index (Phi) is 14.5. The quantitative estimate of drug-likeness (QED) is 0.450. The van der Waals surface area contributed by atoms with Crippen LogP contribution in [0.1, 0.15) is 50.5 Å². The normalized spacial score (nSPS) is 16.9. The van der Waals surface area contributed by atoms with Crippen molar-refractivity contribution in [3.8, 4) is 0 Å². The number of nitrogens with zero attached hydrogens (tertiary/aromatic N) is 1. The zero-order valence-corrected chi connectivity index (χ0v) is 18.5. The van der Waals surface area contributed by atoms with Crippen molar-refractivity contribution in [1.82, 2.24) is 0 Å². The van der Waals surface area contributed by atoms with Gasteiger partial charge >= 0.3 is 26.2 Å². The van der Waals surface area contributed by atoms with Gasteiger partial charge in [0.05, 0.1) is 0 Å². The Morgan fingerprint density at radius 2 is 1.52 bits per heavy atom. The fourth-order valence-electron chi connectivity index (χ4n) is 2.80. The second kappa shape index (κ2) is 16.6. The summed E-state index contributed by atoms with van der Waals surface area (Å²) in [5.41, 5.74) is 1.23. The Hall–Kier alpha value is -1.53. The molecular formula is C25H29NZr. The second-order valence-corrected chi connectivity index (χ2v) is 6.37. The summed E-state index contributed by atoms with van der Waals surface area (Å²) in [6, 6.07) is 10.9. The first-order chi connectivity index (χ1) is 12.9. The smallest absolute Gasteiger partial charge is 0.731 e. The maximum absolute atomic E-state index is 4.59. The average Bonchev–Trinajstić information content (AvgIpc) is 3.46. The molecule has 2 heteroatoms. The number of benzene rings is 1. The van der Waals surface area contributed by atoms with Gasteiger partial charge in [0.1, 0.15) is 0 Å². The molecule has 1 aromatic carbocycles. The summed E-state index contributed by atoms with van der Waals surface area (Å²) in [5.74, 6) is 0. The van der Waals surface area contributed by atoms with E-state index >= 15 is 0 Å². The first-order valence-corrected chi connectivity index (χ1v) is 9.63. The summed E-state index contributed by atoms with van der Waals surface area (Å²) in [4.78, 5) is 0. The predicted molar refractivity (Wildman–Crippen MR) is 112 cm³/mol. The zero-order chi connectivity index (χ0) is 18.1. The Balaban J connectivity index is 0.000000270. The average molecular weight is 435 g/mol. The van der Waals surface area contributed by atoms with Crippen molar-refractivity contribution in [2.24, 2.45) is 0 Å². The van der Waals surface area contributed by atoms with Gasteiger partial charge in [-0.05, 0) is 0 Å². The van der Waals surface area contributed by atoms with Crippen molar-refractivity contribution in [2.45, 2.75) is 51.0 Å². The number of hydrogen-bond donors (Lipinski definition) is 0. The molecule has 3 aliphatic carbocycles. The van der Waals surface area contributed by atoms with Gasteiger partial charge in [0, 0.05) is 0 Å². The third-order valence-corrected chi connectivity index (χ3v) is 4.22. The van der Waals surface area contributed by atoms with Crippen LogP contribution in [0.4, 0.5) is 0 Å². The van der Waals surface area contributed by atoms with E-state index in [0.29, 0.717) is 6.04 Å². The van der Waals surface area contributed by atoms with Crippen LogP contribution in [0.25, 0.3) is 5.32 Å². The number of allylic oxidation sites excluding steroid dienone is 9. The van der Waals surface area contributed by atoms with E-state index in [0.717, 1.165) is 12.8 Å². The van der Waals surface area contributed by atoms with Crippen LogP contribution in [-0.2, 0) is 26.2 Å². The Bertz CT molecular complexity index is 562. The largest absolute Gasteiger partial charge is 4.00 e. The SMILES string of the molecule is C(=C[N-]C1CCCCC1)[CH-]c1ccccc1.[C-]1=CC=CC1.[C-]1=CC=CC1.[Zr+4]. The first kappa shape index (κ1) is 23.5. The molecule has 3 aliphatic rings. The molecule has 0 saturated heterocycles. The van der Waals surface area contributed by atoms with Crippen molar-refractivity contribution in [3.63, 3.8) is 0 Å². The van der Waals surface area contributed by atoms with E-state index in [4.69, 9.17) is 0 Å². The van der Waals surface area contributed by atoms with Crippen LogP contribution < -0.4 is 0 Å². The fourth-order valence-corrected chi connectivity index (χ4v) is 2.80. The Morgan fingerprint density at radius 1 is 0.889 bits per heavy atom. The molecule has 138 valence electrons. The molecule has 0 atom stereocenters. The molecule has 0 amide bonds. The van der Waals surface area contributed by atoms with E-state index in [9.17, 15) is 0 Å².